The summed E-state index contributed by atoms with van der Waals surface area (Å²) in [6, 6.07) is 17.7. The minimum absolute atomic E-state index is 0.259. The third-order valence-corrected chi connectivity index (χ3v) is 5.41. The van der Waals surface area contributed by atoms with Crippen LogP contribution < -0.4 is 20.2 Å². The quantitative estimate of drug-likeness (QED) is 0.247. The third kappa shape index (κ3) is 6.97. The van der Waals surface area contributed by atoms with Gasteiger partial charge in [0.05, 0.1) is 22.9 Å². The molecule has 0 aliphatic rings. The van der Waals surface area contributed by atoms with Crippen LogP contribution in [-0.2, 0) is 16.2 Å². The van der Waals surface area contributed by atoms with Gasteiger partial charge in [-0.15, -0.1) is 0 Å². The Morgan fingerprint density at radius 1 is 0.941 bits per heavy atom. The minimum Gasteiger partial charge on any atom is -0.490 e. The molecule has 0 bridgehead atoms. The van der Waals surface area contributed by atoms with Crippen LogP contribution >= 0.6 is 23.2 Å². The van der Waals surface area contributed by atoms with Crippen molar-refractivity contribution in [2.45, 2.75) is 20.5 Å². The van der Waals surface area contributed by atoms with E-state index in [9.17, 15) is 9.59 Å². The number of benzene rings is 3. The molecule has 3 rings (SSSR count). The minimum atomic E-state index is -0.939. The third-order valence-electron chi connectivity index (χ3n) is 4.68. The van der Waals surface area contributed by atoms with Crippen molar-refractivity contribution in [3.63, 3.8) is 0 Å². The number of ether oxygens (including phenoxy) is 2. The number of aryl methyl sites for hydroxylation is 1. The highest BCUT2D eigenvalue weighted by Crippen LogP contribution is 2.29. The van der Waals surface area contributed by atoms with Gasteiger partial charge in [0.25, 0.3) is 0 Å². The predicted octanol–water partition coefficient (Wildman–Crippen LogP) is 5.37. The first-order valence-corrected chi connectivity index (χ1v) is 11.2. The van der Waals surface area contributed by atoms with Gasteiger partial charge in [-0.1, -0.05) is 47.5 Å². The van der Waals surface area contributed by atoms with Crippen LogP contribution in [0.15, 0.2) is 65.8 Å². The first-order chi connectivity index (χ1) is 16.4. The van der Waals surface area contributed by atoms with Gasteiger partial charge in [0.1, 0.15) is 6.61 Å². The van der Waals surface area contributed by atoms with Gasteiger partial charge < -0.3 is 14.8 Å². The van der Waals surface area contributed by atoms with Gasteiger partial charge >= 0.3 is 11.8 Å². The van der Waals surface area contributed by atoms with Crippen molar-refractivity contribution in [2.24, 2.45) is 5.10 Å². The number of halogens is 2. The highest BCUT2D eigenvalue weighted by atomic mass is 35.5. The van der Waals surface area contributed by atoms with E-state index in [1.807, 2.05) is 38.1 Å². The van der Waals surface area contributed by atoms with Gasteiger partial charge in [-0.3, -0.25) is 9.59 Å². The number of nitrogens with one attached hydrogen (secondary N) is 2. The van der Waals surface area contributed by atoms with Crippen LogP contribution in [0.4, 0.5) is 5.69 Å². The fourth-order valence-electron chi connectivity index (χ4n) is 2.90. The summed E-state index contributed by atoms with van der Waals surface area (Å²) in [6.45, 7) is 4.76. The molecule has 0 atom stereocenters. The summed E-state index contributed by atoms with van der Waals surface area (Å²) in [7, 11) is 0. The molecule has 2 amide bonds. The largest absolute Gasteiger partial charge is 0.490 e. The van der Waals surface area contributed by atoms with Crippen molar-refractivity contribution >= 4 is 46.9 Å². The molecule has 0 aliphatic carbocycles. The Morgan fingerprint density at radius 2 is 1.74 bits per heavy atom. The molecule has 2 N–H and O–H groups in total. The second-order valence-electron chi connectivity index (χ2n) is 7.14. The van der Waals surface area contributed by atoms with Gasteiger partial charge in [-0.25, -0.2) is 5.43 Å². The lowest BCUT2D eigenvalue weighted by atomic mass is 10.1. The van der Waals surface area contributed by atoms with Crippen LogP contribution in [0, 0.1) is 6.92 Å². The van der Waals surface area contributed by atoms with Crippen LogP contribution in [0.1, 0.15) is 23.6 Å². The van der Waals surface area contributed by atoms with E-state index in [0.717, 1.165) is 11.1 Å². The van der Waals surface area contributed by atoms with Gasteiger partial charge in [0.15, 0.2) is 11.5 Å². The number of hydrazone groups is 1. The Kier molecular flexibility index (Phi) is 8.90. The maximum Gasteiger partial charge on any atom is 0.329 e. The highest BCUT2D eigenvalue weighted by molar-refractivity contribution is 6.42. The molecular weight excluding hydrogens is 477 g/mol. The summed E-state index contributed by atoms with van der Waals surface area (Å²) >= 11 is 11.7. The second-order valence-corrected chi connectivity index (χ2v) is 7.95. The molecule has 0 unspecified atom stereocenters. The van der Waals surface area contributed by atoms with Gasteiger partial charge in [-0.2, -0.15) is 5.10 Å². The summed E-state index contributed by atoms with van der Waals surface area (Å²) in [4.78, 5) is 24.1. The number of rotatable bonds is 8. The molecule has 0 aliphatic heterocycles. The smallest absolute Gasteiger partial charge is 0.329 e. The van der Waals surface area contributed by atoms with Crippen molar-refractivity contribution in [2.75, 3.05) is 11.9 Å². The molecule has 0 spiro atoms. The van der Waals surface area contributed by atoms with Gasteiger partial charge in [-0.05, 0) is 66.9 Å². The molecule has 0 heterocycles. The van der Waals surface area contributed by atoms with E-state index in [1.165, 1.54) is 24.4 Å². The molecule has 0 aromatic heterocycles. The summed E-state index contributed by atoms with van der Waals surface area (Å²) in [5, 5.41) is 6.86. The standard InChI is InChI=1S/C25H23Cl2N3O4/c1-3-33-23-12-17(8-11-22(23)34-15-18-7-5-4-6-16(18)2)14-28-30-25(32)24(31)29-19-9-10-20(26)21(27)13-19/h4-14H,3,15H2,1-2H3,(H,29,31)(H,30,32)/b28-14+. The fourth-order valence-corrected chi connectivity index (χ4v) is 3.20. The Hall–Kier alpha value is -3.55. The van der Waals surface area contributed by atoms with Gasteiger partial charge in [0, 0.05) is 5.69 Å². The lowest BCUT2D eigenvalue weighted by Crippen LogP contribution is -2.32. The normalized spacial score (nSPS) is 10.7. The Balaban J connectivity index is 1.60. The van der Waals surface area contributed by atoms with E-state index in [2.05, 4.69) is 15.8 Å². The summed E-state index contributed by atoms with van der Waals surface area (Å²) in [5.41, 5.74) is 5.39. The maximum atomic E-state index is 12.0. The monoisotopic (exact) mass is 499 g/mol. The molecule has 7 nitrogen and oxygen atoms in total. The van der Waals surface area contributed by atoms with E-state index in [4.69, 9.17) is 32.7 Å². The Bertz CT molecular complexity index is 1210. The number of hydrogen-bond donors (Lipinski definition) is 2. The topological polar surface area (TPSA) is 89.0 Å². The molecule has 0 radical (unpaired) electrons. The molecule has 9 heteroatoms. The van der Waals surface area contributed by atoms with E-state index in [-0.39, 0.29) is 5.02 Å². The molecule has 176 valence electrons. The lowest BCUT2D eigenvalue weighted by molar-refractivity contribution is -0.136. The zero-order valence-electron chi connectivity index (χ0n) is 18.6. The SMILES string of the molecule is CCOc1cc(/C=N/NC(=O)C(=O)Nc2ccc(Cl)c(Cl)c2)ccc1OCc1ccccc1C. The van der Waals surface area contributed by atoms with Crippen LogP contribution in [0.25, 0.3) is 0 Å². The Labute approximate surface area is 207 Å². The van der Waals surface area contributed by atoms with E-state index in [0.29, 0.717) is 41.0 Å². The number of carbonyl (C=O) groups is 2. The first-order valence-electron chi connectivity index (χ1n) is 10.4. The number of nitrogens with zero attached hydrogens (tertiary/aromatic N) is 1. The van der Waals surface area contributed by atoms with Crippen molar-refractivity contribution in [1.29, 1.82) is 0 Å². The summed E-state index contributed by atoms with van der Waals surface area (Å²) in [6.07, 6.45) is 1.40. The highest BCUT2D eigenvalue weighted by Gasteiger charge is 2.14. The number of hydrogen-bond acceptors (Lipinski definition) is 5. The zero-order chi connectivity index (χ0) is 24.5. The summed E-state index contributed by atoms with van der Waals surface area (Å²) < 4.78 is 11.6. The number of anilines is 1. The van der Waals surface area contributed by atoms with Crippen LogP contribution in [-0.4, -0.2) is 24.6 Å². The van der Waals surface area contributed by atoms with Crippen LogP contribution in [0.5, 0.6) is 11.5 Å². The van der Waals surface area contributed by atoms with Crippen LogP contribution in [0.2, 0.25) is 10.0 Å². The molecular formula is C25H23Cl2N3O4. The second kappa shape index (κ2) is 12.1. The fraction of sp³-hybridized carbons (Fsp3) is 0.160. The van der Waals surface area contributed by atoms with E-state index >= 15 is 0 Å². The lowest BCUT2D eigenvalue weighted by Gasteiger charge is -2.13. The number of carbonyl (C=O) groups excluding carboxylic acids is 2. The van der Waals surface area contributed by atoms with E-state index in [1.54, 1.807) is 18.2 Å². The molecule has 34 heavy (non-hydrogen) atoms. The molecule has 0 saturated carbocycles. The molecule has 3 aromatic carbocycles. The van der Waals surface area contributed by atoms with Crippen molar-refractivity contribution in [3.05, 3.63) is 87.4 Å². The zero-order valence-corrected chi connectivity index (χ0v) is 20.1. The van der Waals surface area contributed by atoms with Gasteiger partial charge in [0.2, 0.25) is 0 Å². The average Bonchev–Trinajstić information content (AvgIpc) is 2.82. The first kappa shape index (κ1) is 25.1. The van der Waals surface area contributed by atoms with Crippen molar-refractivity contribution < 1.29 is 19.1 Å². The Morgan fingerprint density at radius 3 is 2.47 bits per heavy atom. The van der Waals surface area contributed by atoms with E-state index < -0.39 is 11.8 Å². The van der Waals surface area contributed by atoms with Crippen molar-refractivity contribution in [1.82, 2.24) is 5.43 Å². The average molecular weight is 500 g/mol. The molecule has 3 aromatic rings. The molecule has 0 saturated heterocycles. The molecule has 0 fully saturated rings. The number of amides is 2. The van der Waals surface area contributed by atoms with Crippen molar-refractivity contribution in [3.8, 4) is 11.5 Å². The maximum absolute atomic E-state index is 12.0. The van der Waals surface area contributed by atoms with Crippen LogP contribution in [0.3, 0.4) is 0 Å². The summed E-state index contributed by atoms with van der Waals surface area (Å²) in [5.74, 6) is -0.702. The predicted molar refractivity (Wildman–Crippen MR) is 134 cm³/mol.